The molecule has 1 amide bonds. The normalized spacial score (nSPS) is 14.8. The minimum atomic E-state index is -0.719. The van der Waals surface area contributed by atoms with Crippen molar-refractivity contribution in [3.63, 3.8) is 0 Å². The lowest BCUT2D eigenvalue weighted by atomic mass is 9.96. The summed E-state index contributed by atoms with van der Waals surface area (Å²) in [5, 5.41) is 0.607. The highest BCUT2D eigenvalue weighted by atomic mass is 35.5. The number of likely N-dealkylation sites (tertiary alicyclic amines) is 1. The fourth-order valence-corrected chi connectivity index (χ4v) is 5.66. The molecule has 0 bridgehead atoms. The van der Waals surface area contributed by atoms with Crippen LogP contribution in [0.15, 0.2) is 72.8 Å². The second kappa shape index (κ2) is 16.3. The first kappa shape index (κ1) is 31.6. The van der Waals surface area contributed by atoms with E-state index in [1.165, 1.54) is 24.8 Å². The van der Waals surface area contributed by atoms with Gasteiger partial charge >= 0.3 is 6.09 Å². The number of halogens is 1. The molecule has 1 fully saturated rings. The van der Waals surface area contributed by atoms with Crippen molar-refractivity contribution in [1.29, 1.82) is 0 Å². The molecule has 0 radical (unpaired) electrons. The van der Waals surface area contributed by atoms with E-state index in [0.29, 0.717) is 34.4 Å². The van der Waals surface area contributed by atoms with E-state index in [2.05, 4.69) is 24.0 Å². The number of ether oxygens (including phenoxy) is 2. The zero-order valence-corrected chi connectivity index (χ0v) is 25.4. The molecule has 4 rings (SSSR count). The first-order valence-corrected chi connectivity index (χ1v) is 15.6. The molecule has 0 aliphatic carbocycles. The van der Waals surface area contributed by atoms with Crippen molar-refractivity contribution >= 4 is 23.5 Å². The van der Waals surface area contributed by atoms with Gasteiger partial charge in [0.1, 0.15) is 11.9 Å². The van der Waals surface area contributed by atoms with Gasteiger partial charge in [-0.3, -0.25) is 9.69 Å². The van der Waals surface area contributed by atoms with Crippen LogP contribution in [-0.2, 0) is 11.3 Å². The van der Waals surface area contributed by atoms with Gasteiger partial charge in [0.05, 0.1) is 6.61 Å². The van der Waals surface area contributed by atoms with Crippen molar-refractivity contribution in [3.8, 4) is 5.75 Å². The summed E-state index contributed by atoms with van der Waals surface area (Å²) in [5.41, 5.74) is 8.84. The van der Waals surface area contributed by atoms with E-state index in [0.717, 1.165) is 57.3 Å². The average Bonchev–Trinajstić information content (AvgIpc) is 3.00. The number of hydrogen-bond donors (Lipinski definition) is 1. The standard InChI is InChI=1S/C35H43ClN2O4/c1-2-3-4-5-6-13-33(42-35(37)40)29-10-7-9-27(22-29)24-38-20-18-26(19-21-38)25-41-32-12-8-11-30(23-32)34(39)28-14-16-31(36)17-15-28/h7-12,14-17,22-23,26,33H,2-6,13,18-21,24-25H2,1H3,(H2,37,40)/t33-/m1/s1. The Kier molecular flexibility index (Phi) is 12.3. The number of benzene rings is 3. The minimum Gasteiger partial charge on any atom is -0.493 e. The van der Waals surface area contributed by atoms with Crippen molar-refractivity contribution in [2.45, 2.75) is 70.9 Å². The van der Waals surface area contributed by atoms with Crippen molar-refractivity contribution in [2.75, 3.05) is 19.7 Å². The van der Waals surface area contributed by atoms with Crippen LogP contribution in [-0.4, -0.2) is 36.5 Å². The predicted molar refractivity (Wildman–Crippen MR) is 168 cm³/mol. The Hall–Kier alpha value is -3.35. The van der Waals surface area contributed by atoms with Gasteiger partial charge in [0.25, 0.3) is 0 Å². The SMILES string of the molecule is CCCCCCC[C@@H](OC(N)=O)c1cccc(CN2CCC(COc3cccc(C(=O)c4ccc(Cl)cc4)c3)CC2)c1. The number of rotatable bonds is 15. The molecule has 0 saturated carbocycles. The Morgan fingerprint density at radius 1 is 0.929 bits per heavy atom. The third-order valence-electron chi connectivity index (χ3n) is 7.95. The van der Waals surface area contributed by atoms with Gasteiger partial charge in [0.2, 0.25) is 0 Å². The molecule has 1 atom stereocenters. The number of ketones is 1. The number of unbranched alkanes of at least 4 members (excludes halogenated alkanes) is 4. The Labute approximate surface area is 255 Å². The molecule has 224 valence electrons. The van der Waals surface area contributed by atoms with Crippen LogP contribution in [0.4, 0.5) is 4.79 Å². The van der Waals surface area contributed by atoms with E-state index in [9.17, 15) is 9.59 Å². The van der Waals surface area contributed by atoms with Crippen LogP contribution in [0.5, 0.6) is 5.75 Å². The van der Waals surface area contributed by atoms with Gasteiger partial charge in [-0.15, -0.1) is 0 Å². The molecule has 3 aromatic carbocycles. The molecule has 3 aromatic rings. The maximum absolute atomic E-state index is 12.9. The topological polar surface area (TPSA) is 81.9 Å². The molecule has 1 heterocycles. The number of carbonyl (C=O) groups is 2. The fourth-order valence-electron chi connectivity index (χ4n) is 5.54. The van der Waals surface area contributed by atoms with Gasteiger partial charge in [0.15, 0.2) is 5.78 Å². The zero-order valence-electron chi connectivity index (χ0n) is 24.6. The lowest BCUT2D eigenvalue weighted by molar-refractivity contribution is 0.0990. The number of hydrogen-bond acceptors (Lipinski definition) is 5. The molecule has 1 aliphatic rings. The summed E-state index contributed by atoms with van der Waals surface area (Å²) in [6.07, 6.45) is 7.67. The van der Waals surface area contributed by atoms with E-state index >= 15 is 0 Å². The highest BCUT2D eigenvalue weighted by Gasteiger charge is 2.21. The molecule has 1 saturated heterocycles. The third kappa shape index (κ3) is 9.88. The molecule has 7 heteroatoms. The van der Waals surface area contributed by atoms with Gasteiger partial charge in [-0.25, -0.2) is 4.79 Å². The summed E-state index contributed by atoms with van der Waals surface area (Å²) in [6, 6.07) is 22.7. The largest absolute Gasteiger partial charge is 0.493 e. The van der Waals surface area contributed by atoms with Crippen molar-refractivity contribution in [2.24, 2.45) is 11.7 Å². The highest BCUT2D eigenvalue weighted by molar-refractivity contribution is 6.30. The highest BCUT2D eigenvalue weighted by Crippen LogP contribution is 2.27. The number of nitrogens with zero attached hydrogens (tertiary/aromatic N) is 1. The van der Waals surface area contributed by atoms with E-state index in [4.69, 9.17) is 26.8 Å². The van der Waals surface area contributed by atoms with Crippen LogP contribution in [0.25, 0.3) is 0 Å². The summed E-state index contributed by atoms with van der Waals surface area (Å²) in [5.74, 6) is 1.13. The van der Waals surface area contributed by atoms with E-state index < -0.39 is 6.09 Å². The first-order valence-electron chi connectivity index (χ1n) is 15.2. The van der Waals surface area contributed by atoms with E-state index in [-0.39, 0.29) is 11.9 Å². The minimum absolute atomic E-state index is 0.0472. The second-order valence-corrected chi connectivity index (χ2v) is 11.7. The van der Waals surface area contributed by atoms with Crippen molar-refractivity contribution in [1.82, 2.24) is 4.90 Å². The molecule has 0 aromatic heterocycles. The molecule has 42 heavy (non-hydrogen) atoms. The Morgan fingerprint density at radius 2 is 1.67 bits per heavy atom. The summed E-state index contributed by atoms with van der Waals surface area (Å²) in [6.45, 7) is 5.68. The Morgan fingerprint density at radius 3 is 2.40 bits per heavy atom. The lowest BCUT2D eigenvalue weighted by Gasteiger charge is -2.32. The summed E-state index contributed by atoms with van der Waals surface area (Å²) in [7, 11) is 0. The van der Waals surface area contributed by atoms with Gasteiger partial charge in [-0.2, -0.15) is 0 Å². The quantitative estimate of drug-likeness (QED) is 0.142. The smallest absolute Gasteiger partial charge is 0.405 e. The molecule has 6 nitrogen and oxygen atoms in total. The summed E-state index contributed by atoms with van der Waals surface area (Å²) >= 11 is 5.96. The van der Waals surface area contributed by atoms with Crippen LogP contribution >= 0.6 is 11.6 Å². The molecule has 1 aliphatic heterocycles. The average molecular weight is 591 g/mol. The van der Waals surface area contributed by atoms with Crippen molar-refractivity contribution < 1.29 is 19.1 Å². The molecule has 0 unspecified atom stereocenters. The van der Waals surface area contributed by atoms with E-state index in [1.54, 1.807) is 24.3 Å². The van der Waals surface area contributed by atoms with Gasteiger partial charge in [-0.1, -0.05) is 80.6 Å². The van der Waals surface area contributed by atoms with Crippen molar-refractivity contribution in [3.05, 3.63) is 100 Å². The van der Waals surface area contributed by atoms with E-state index in [1.807, 2.05) is 36.4 Å². The van der Waals surface area contributed by atoms with Gasteiger partial charge < -0.3 is 15.2 Å². The van der Waals surface area contributed by atoms with Gasteiger partial charge in [-0.05, 0) is 92.2 Å². The molecular formula is C35H43ClN2O4. The first-order chi connectivity index (χ1) is 20.4. The summed E-state index contributed by atoms with van der Waals surface area (Å²) in [4.78, 5) is 26.9. The Bertz CT molecular complexity index is 1290. The van der Waals surface area contributed by atoms with Crippen LogP contribution in [0.3, 0.4) is 0 Å². The number of piperidine rings is 1. The third-order valence-corrected chi connectivity index (χ3v) is 8.20. The number of nitrogens with two attached hydrogens (primary N) is 1. The summed E-state index contributed by atoms with van der Waals surface area (Å²) < 4.78 is 11.6. The monoisotopic (exact) mass is 590 g/mol. The predicted octanol–water partition coefficient (Wildman–Crippen LogP) is 8.36. The lowest BCUT2D eigenvalue weighted by Crippen LogP contribution is -2.35. The van der Waals surface area contributed by atoms with Gasteiger partial charge in [0, 0.05) is 22.7 Å². The number of carbonyl (C=O) groups excluding carboxylic acids is 2. The van der Waals surface area contributed by atoms with Crippen LogP contribution in [0, 0.1) is 5.92 Å². The van der Waals surface area contributed by atoms with Crippen LogP contribution < -0.4 is 10.5 Å². The number of amides is 1. The maximum atomic E-state index is 12.9. The molecular weight excluding hydrogens is 548 g/mol. The van der Waals surface area contributed by atoms with Crippen LogP contribution in [0.2, 0.25) is 5.02 Å². The fraction of sp³-hybridized carbons (Fsp3) is 0.429. The molecule has 0 spiro atoms. The molecule has 2 N–H and O–H groups in total. The van der Waals surface area contributed by atoms with Crippen LogP contribution in [0.1, 0.15) is 91.4 Å². The number of primary amides is 1. The zero-order chi connectivity index (χ0) is 29.7. The Balaban J connectivity index is 1.25. The second-order valence-electron chi connectivity index (χ2n) is 11.3. The maximum Gasteiger partial charge on any atom is 0.405 e.